The average molecular weight is 641 g/mol. The van der Waals surface area contributed by atoms with Crippen molar-refractivity contribution in [2.75, 3.05) is 0 Å². The number of nitrogens with zero attached hydrogens (tertiary/aromatic N) is 2. The number of aromatic nitrogens is 2. The molecule has 0 amide bonds. The lowest BCUT2D eigenvalue weighted by Crippen LogP contribution is -1.96. The van der Waals surface area contributed by atoms with Crippen LogP contribution in [0.2, 0.25) is 0 Å². The van der Waals surface area contributed by atoms with E-state index in [1.54, 1.807) is 0 Å². The number of furan rings is 2. The number of benzene rings is 7. The Morgan fingerprint density at radius 3 is 1.28 bits per heavy atom. The van der Waals surface area contributed by atoms with Gasteiger partial charge >= 0.3 is 0 Å². The fraction of sp³-hybridized carbons (Fsp3) is 0. The van der Waals surface area contributed by atoms with E-state index in [-0.39, 0.29) is 0 Å². The van der Waals surface area contributed by atoms with E-state index in [9.17, 15) is 0 Å². The Hall–Kier alpha value is -6.78. The molecule has 3 heterocycles. The maximum Gasteiger partial charge on any atom is 0.178 e. The summed E-state index contributed by atoms with van der Waals surface area (Å²) in [4.78, 5) is 10.1. The Labute approximate surface area is 287 Å². The maximum absolute atomic E-state index is 6.49. The monoisotopic (exact) mass is 640 g/mol. The van der Waals surface area contributed by atoms with Crippen LogP contribution >= 0.6 is 0 Å². The second-order valence-electron chi connectivity index (χ2n) is 12.6. The Bertz CT molecular complexity index is 2800. The molecular weight excluding hydrogens is 613 g/mol. The first-order valence-corrected chi connectivity index (χ1v) is 16.7. The van der Waals surface area contributed by atoms with E-state index < -0.39 is 0 Å². The van der Waals surface area contributed by atoms with E-state index in [0.717, 1.165) is 88.6 Å². The lowest BCUT2D eigenvalue weighted by atomic mass is 9.99. The van der Waals surface area contributed by atoms with Crippen LogP contribution in [-0.2, 0) is 0 Å². The molecule has 7 aromatic carbocycles. The minimum Gasteiger partial charge on any atom is -0.452 e. The van der Waals surface area contributed by atoms with E-state index in [1.807, 2.05) is 42.5 Å². The van der Waals surface area contributed by atoms with Crippen molar-refractivity contribution < 1.29 is 8.83 Å². The lowest BCUT2D eigenvalue weighted by molar-refractivity contribution is 0.633. The van der Waals surface area contributed by atoms with Crippen LogP contribution in [0.15, 0.2) is 179 Å². The van der Waals surface area contributed by atoms with Crippen molar-refractivity contribution >= 4 is 43.9 Å². The molecule has 4 heteroatoms. The molecular formula is C46H28N2O2. The molecule has 0 bridgehead atoms. The van der Waals surface area contributed by atoms with Gasteiger partial charge in [-0.15, -0.1) is 0 Å². The summed E-state index contributed by atoms with van der Waals surface area (Å²) in [6.07, 6.45) is 0. The Morgan fingerprint density at radius 2 is 0.740 bits per heavy atom. The molecule has 4 nitrogen and oxygen atoms in total. The van der Waals surface area contributed by atoms with Crippen LogP contribution in [0, 0.1) is 0 Å². The van der Waals surface area contributed by atoms with Gasteiger partial charge in [0.05, 0.1) is 11.4 Å². The van der Waals surface area contributed by atoms with Gasteiger partial charge in [-0.1, -0.05) is 121 Å². The highest BCUT2D eigenvalue weighted by Gasteiger charge is 2.18. The van der Waals surface area contributed by atoms with Crippen LogP contribution in [0.4, 0.5) is 0 Å². The summed E-state index contributed by atoms with van der Waals surface area (Å²) in [7, 11) is 0. The third-order valence-electron chi connectivity index (χ3n) is 9.50. The van der Waals surface area contributed by atoms with Gasteiger partial charge in [0.1, 0.15) is 11.2 Å². The zero-order valence-corrected chi connectivity index (χ0v) is 26.9. The van der Waals surface area contributed by atoms with E-state index in [4.69, 9.17) is 18.8 Å². The Balaban J connectivity index is 1.07. The van der Waals surface area contributed by atoms with Crippen LogP contribution in [0.25, 0.3) is 100 Å². The molecule has 0 aliphatic rings. The van der Waals surface area contributed by atoms with Crippen LogP contribution in [-0.4, -0.2) is 9.97 Å². The molecule has 0 atom stereocenters. The van der Waals surface area contributed by atoms with Crippen molar-refractivity contribution in [1.82, 2.24) is 9.97 Å². The molecule has 0 unspecified atom stereocenters. The van der Waals surface area contributed by atoms with Crippen molar-refractivity contribution in [3.05, 3.63) is 170 Å². The average Bonchev–Trinajstić information content (AvgIpc) is 3.77. The smallest absolute Gasteiger partial charge is 0.178 e. The second-order valence-corrected chi connectivity index (χ2v) is 12.6. The van der Waals surface area contributed by atoms with Crippen LogP contribution in [0.1, 0.15) is 0 Å². The predicted molar refractivity (Wildman–Crippen MR) is 204 cm³/mol. The summed E-state index contributed by atoms with van der Waals surface area (Å²) in [6.45, 7) is 0. The second kappa shape index (κ2) is 11.4. The minimum atomic E-state index is 0.685. The van der Waals surface area contributed by atoms with Crippen molar-refractivity contribution in [2.45, 2.75) is 0 Å². The molecule has 0 aliphatic heterocycles. The van der Waals surface area contributed by atoms with Crippen molar-refractivity contribution in [2.24, 2.45) is 0 Å². The van der Waals surface area contributed by atoms with Gasteiger partial charge < -0.3 is 8.83 Å². The molecule has 10 rings (SSSR count). The first kappa shape index (κ1) is 28.3. The van der Waals surface area contributed by atoms with E-state index in [1.165, 1.54) is 5.56 Å². The van der Waals surface area contributed by atoms with E-state index >= 15 is 0 Å². The summed E-state index contributed by atoms with van der Waals surface area (Å²) in [5.74, 6) is 0.685. The summed E-state index contributed by atoms with van der Waals surface area (Å²) in [5, 5.41) is 4.20. The molecule has 0 radical (unpaired) electrons. The molecule has 0 saturated carbocycles. The fourth-order valence-corrected chi connectivity index (χ4v) is 6.99. The molecule has 234 valence electrons. The van der Waals surface area contributed by atoms with E-state index in [2.05, 4.69) is 127 Å². The summed E-state index contributed by atoms with van der Waals surface area (Å²) in [6, 6.07) is 58.6. The summed E-state index contributed by atoms with van der Waals surface area (Å²) in [5.41, 5.74) is 12.5. The first-order chi connectivity index (χ1) is 24.7. The molecule has 0 N–H and O–H groups in total. The lowest BCUT2D eigenvalue weighted by Gasteiger charge is -2.10. The van der Waals surface area contributed by atoms with Gasteiger partial charge in [-0.3, -0.25) is 0 Å². The van der Waals surface area contributed by atoms with Crippen molar-refractivity contribution in [3.8, 4) is 56.2 Å². The molecule has 0 fully saturated rings. The Morgan fingerprint density at radius 1 is 0.300 bits per heavy atom. The number of hydrogen-bond donors (Lipinski definition) is 0. The minimum absolute atomic E-state index is 0.685. The van der Waals surface area contributed by atoms with Gasteiger partial charge in [0, 0.05) is 38.2 Å². The van der Waals surface area contributed by atoms with Crippen LogP contribution < -0.4 is 0 Å². The SMILES string of the molecule is c1ccc(-c2ccc3oc4c(ccc5c6cc(-c7cccc(-c8nc(-c9ccccc9)cc(-c9ccccc9)n8)c7)ccc6oc54)c3c2)cc1. The molecule has 0 saturated heterocycles. The third-order valence-corrected chi connectivity index (χ3v) is 9.50. The van der Waals surface area contributed by atoms with Gasteiger partial charge in [-0.25, -0.2) is 9.97 Å². The fourth-order valence-electron chi connectivity index (χ4n) is 6.99. The van der Waals surface area contributed by atoms with Gasteiger partial charge in [-0.2, -0.15) is 0 Å². The number of fused-ring (bicyclic) bond motifs is 7. The molecule has 0 spiro atoms. The van der Waals surface area contributed by atoms with Crippen LogP contribution in [0.3, 0.4) is 0 Å². The first-order valence-electron chi connectivity index (χ1n) is 16.7. The standard InChI is InChI=1S/C46H28N2O2/c1-4-11-29(12-5-1)33-19-23-42-38(26-33)36-21-22-37-39-27-34(20-24-43(39)50-45(37)44(36)49-42)32-17-10-18-35(25-32)46-47-40(30-13-6-2-7-14-30)28-41(48-46)31-15-8-3-9-16-31/h1-28H. The van der Waals surface area contributed by atoms with Crippen molar-refractivity contribution in [1.29, 1.82) is 0 Å². The molecule has 3 aromatic heterocycles. The van der Waals surface area contributed by atoms with Crippen LogP contribution in [0.5, 0.6) is 0 Å². The number of rotatable bonds is 5. The quantitative estimate of drug-likeness (QED) is 0.188. The number of hydrogen-bond acceptors (Lipinski definition) is 4. The summed E-state index contributed by atoms with van der Waals surface area (Å²) < 4.78 is 12.9. The maximum atomic E-state index is 6.49. The highest BCUT2D eigenvalue weighted by molar-refractivity contribution is 6.19. The third kappa shape index (κ3) is 4.77. The molecule has 10 aromatic rings. The molecule has 0 aliphatic carbocycles. The van der Waals surface area contributed by atoms with Gasteiger partial charge in [0.15, 0.2) is 17.0 Å². The summed E-state index contributed by atoms with van der Waals surface area (Å²) >= 11 is 0. The topological polar surface area (TPSA) is 52.1 Å². The van der Waals surface area contributed by atoms with Crippen molar-refractivity contribution in [3.63, 3.8) is 0 Å². The van der Waals surface area contributed by atoms with E-state index in [0.29, 0.717) is 5.82 Å². The largest absolute Gasteiger partial charge is 0.452 e. The van der Waals surface area contributed by atoms with Gasteiger partial charge in [0.25, 0.3) is 0 Å². The predicted octanol–water partition coefficient (Wildman–Crippen LogP) is 12.6. The Kier molecular flexibility index (Phi) is 6.46. The van der Waals surface area contributed by atoms with Gasteiger partial charge in [-0.05, 0) is 70.8 Å². The highest BCUT2D eigenvalue weighted by Crippen LogP contribution is 2.41. The normalized spacial score (nSPS) is 11.6. The zero-order chi connectivity index (χ0) is 33.0. The molecule has 50 heavy (non-hydrogen) atoms. The highest BCUT2D eigenvalue weighted by atomic mass is 16.4. The van der Waals surface area contributed by atoms with Gasteiger partial charge in [0.2, 0.25) is 0 Å². The zero-order valence-electron chi connectivity index (χ0n) is 26.9.